The van der Waals surface area contributed by atoms with Crippen LogP contribution in [0.15, 0.2) is 30.3 Å². The minimum Gasteiger partial charge on any atom is -0.447 e. The van der Waals surface area contributed by atoms with E-state index in [1.54, 1.807) is 0 Å². The van der Waals surface area contributed by atoms with Gasteiger partial charge in [0.25, 0.3) is 0 Å². The third-order valence-corrected chi connectivity index (χ3v) is 4.29. The Morgan fingerprint density at radius 2 is 2.05 bits per heavy atom. The molecule has 3 aliphatic rings. The van der Waals surface area contributed by atoms with Gasteiger partial charge in [-0.15, -0.1) is 0 Å². The molecule has 3 fully saturated rings. The van der Waals surface area contributed by atoms with E-state index in [0.717, 1.165) is 13.1 Å². The maximum absolute atomic E-state index is 11.6. The summed E-state index contributed by atoms with van der Waals surface area (Å²) >= 11 is 0. The highest BCUT2D eigenvalue weighted by molar-refractivity contribution is 5.71. The Hall–Kier alpha value is -1.59. The van der Waals surface area contributed by atoms with Crippen LogP contribution in [-0.2, 0) is 16.1 Å². The van der Waals surface area contributed by atoms with Crippen LogP contribution in [-0.4, -0.2) is 47.9 Å². The van der Waals surface area contributed by atoms with E-state index in [0.29, 0.717) is 19.1 Å². The molecule has 5 heteroatoms. The van der Waals surface area contributed by atoms with Crippen LogP contribution in [0.3, 0.4) is 0 Å². The van der Waals surface area contributed by atoms with Gasteiger partial charge in [-0.25, -0.2) is 4.79 Å². The van der Waals surface area contributed by atoms with E-state index < -0.39 is 0 Å². The number of cyclic esters (lactones) is 1. The van der Waals surface area contributed by atoms with Crippen molar-refractivity contribution >= 4 is 6.09 Å². The summed E-state index contributed by atoms with van der Waals surface area (Å²) in [6.45, 7) is 2.73. The van der Waals surface area contributed by atoms with Gasteiger partial charge in [-0.1, -0.05) is 30.3 Å². The molecule has 0 N–H and O–H groups in total. The first kappa shape index (κ1) is 11.3. The molecule has 0 spiro atoms. The third-order valence-electron chi connectivity index (χ3n) is 4.29. The fourth-order valence-corrected chi connectivity index (χ4v) is 3.40. The fourth-order valence-electron chi connectivity index (χ4n) is 3.40. The molecule has 0 radical (unpaired) electrons. The van der Waals surface area contributed by atoms with E-state index in [-0.39, 0.29) is 18.2 Å². The standard InChI is InChI=1S/C14H16N2O3/c17-14-15-7-11-8-19-16(13(11)12(15)9-18-14)6-10-4-2-1-3-5-10/h1-5,11-13H,6-9H2/t11-,12-,13+/m0/s1. The summed E-state index contributed by atoms with van der Waals surface area (Å²) in [5.74, 6) is 0.418. The monoisotopic (exact) mass is 260 g/mol. The lowest BCUT2D eigenvalue weighted by Crippen LogP contribution is -2.42. The Labute approximate surface area is 111 Å². The summed E-state index contributed by atoms with van der Waals surface area (Å²) in [7, 11) is 0. The quantitative estimate of drug-likeness (QED) is 0.802. The summed E-state index contributed by atoms with van der Waals surface area (Å²) < 4.78 is 5.13. The molecule has 3 heterocycles. The topological polar surface area (TPSA) is 42.0 Å². The van der Waals surface area contributed by atoms with Gasteiger partial charge in [0.2, 0.25) is 0 Å². The number of benzene rings is 1. The number of hydrogen-bond donors (Lipinski definition) is 0. The molecule has 0 unspecified atom stereocenters. The van der Waals surface area contributed by atoms with Crippen molar-refractivity contribution in [2.24, 2.45) is 5.92 Å². The average molecular weight is 260 g/mol. The predicted octanol–water partition coefficient (Wildman–Crippen LogP) is 1.25. The molecule has 3 aliphatic heterocycles. The Morgan fingerprint density at radius 3 is 2.89 bits per heavy atom. The summed E-state index contributed by atoms with van der Waals surface area (Å²) in [5.41, 5.74) is 1.23. The van der Waals surface area contributed by atoms with Crippen LogP contribution < -0.4 is 0 Å². The predicted molar refractivity (Wildman–Crippen MR) is 67.1 cm³/mol. The van der Waals surface area contributed by atoms with Crippen LogP contribution in [0.4, 0.5) is 4.79 Å². The summed E-state index contributed by atoms with van der Waals surface area (Å²) in [6, 6.07) is 10.7. The zero-order valence-corrected chi connectivity index (χ0v) is 10.6. The second-order valence-corrected chi connectivity index (χ2v) is 5.40. The third kappa shape index (κ3) is 1.73. The minimum absolute atomic E-state index is 0.156. The van der Waals surface area contributed by atoms with Crippen LogP contribution in [0.25, 0.3) is 0 Å². The fraction of sp³-hybridized carbons (Fsp3) is 0.500. The largest absolute Gasteiger partial charge is 0.447 e. The van der Waals surface area contributed by atoms with E-state index >= 15 is 0 Å². The lowest BCUT2D eigenvalue weighted by Gasteiger charge is -2.25. The molecule has 100 valence electrons. The molecule has 0 bridgehead atoms. The van der Waals surface area contributed by atoms with E-state index in [9.17, 15) is 4.79 Å². The van der Waals surface area contributed by atoms with Crippen molar-refractivity contribution in [3.8, 4) is 0 Å². The lowest BCUT2D eigenvalue weighted by atomic mass is 10.0. The molecule has 0 aromatic heterocycles. The number of carbonyl (C=O) groups excluding carboxylic acids is 1. The van der Waals surface area contributed by atoms with Gasteiger partial charge in [-0.2, -0.15) is 5.06 Å². The molecule has 3 atom stereocenters. The first-order valence-corrected chi connectivity index (χ1v) is 6.70. The second kappa shape index (κ2) is 4.21. The SMILES string of the molecule is O=C1OC[C@H]2[C@H]3[C@H](CON3Cc3ccccc3)CN12. The average Bonchev–Trinajstić information content (AvgIpc) is 3.06. The molecule has 4 rings (SSSR count). The lowest BCUT2D eigenvalue weighted by molar-refractivity contribution is -0.147. The van der Waals surface area contributed by atoms with Gasteiger partial charge in [-0.3, -0.25) is 9.74 Å². The maximum atomic E-state index is 11.6. The highest BCUT2D eigenvalue weighted by atomic mass is 16.7. The number of hydrogen-bond acceptors (Lipinski definition) is 4. The van der Waals surface area contributed by atoms with Crippen LogP contribution in [0, 0.1) is 5.92 Å². The van der Waals surface area contributed by atoms with Gasteiger partial charge >= 0.3 is 6.09 Å². The van der Waals surface area contributed by atoms with E-state index in [2.05, 4.69) is 12.1 Å². The minimum atomic E-state index is -0.168. The molecule has 3 saturated heterocycles. The number of amides is 1. The normalized spacial score (nSPS) is 33.4. The van der Waals surface area contributed by atoms with E-state index in [4.69, 9.17) is 9.57 Å². The molecule has 1 aromatic carbocycles. The number of carbonyl (C=O) groups is 1. The number of fused-ring (bicyclic) bond motifs is 3. The smallest absolute Gasteiger partial charge is 0.410 e. The van der Waals surface area contributed by atoms with Crippen LogP contribution >= 0.6 is 0 Å². The van der Waals surface area contributed by atoms with Crippen LogP contribution in [0.2, 0.25) is 0 Å². The molecule has 0 aliphatic carbocycles. The van der Waals surface area contributed by atoms with Crippen molar-refractivity contribution in [3.63, 3.8) is 0 Å². The summed E-state index contributed by atoms with van der Waals surface area (Å²) in [5, 5.41) is 2.03. The van der Waals surface area contributed by atoms with Gasteiger partial charge in [0.15, 0.2) is 0 Å². The molecule has 1 amide bonds. The van der Waals surface area contributed by atoms with Crippen molar-refractivity contribution in [1.29, 1.82) is 0 Å². The molecule has 1 aromatic rings. The van der Waals surface area contributed by atoms with Crippen molar-refractivity contribution in [1.82, 2.24) is 9.96 Å². The van der Waals surface area contributed by atoms with E-state index in [1.165, 1.54) is 5.56 Å². The van der Waals surface area contributed by atoms with Gasteiger partial charge in [0.05, 0.1) is 18.7 Å². The molecular formula is C14H16N2O3. The Balaban J connectivity index is 1.54. The molecule has 19 heavy (non-hydrogen) atoms. The van der Waals surface area contributed by atoms with Crippen LogP contribution in [0.1, 0.15) is 5.56 Å². The Bertz CT molecular complexity index is 493. The summed E-state index contributed by atoms with van der Waals surface area (Å²) in [4.78, 5) is 19.3. The van der Waals surface area contributed by atoms with Crippen molar-refractivity contribution in [3.05, 3.63) is 35.9 Å². The van der Waals surface area contributed by atoms with E-state index in [1.807, 2.05) is 28.2 Å². The Kier molecular flexibility index (Phi) is 2.50. The molecule has 0 saturated carbocycles. The zero-order valence-electron chi connectivity index (χ0n) is 10.6. The highest BCUT2D eigenvalue weighted by Gasteiger charge is 2.54. The van der Waals surface area contributed by atoms with Crippen molar-refractivity contribution in [2.45, 2.75) is 18.6 Å². The number of hydroxylamine groups is 2. The summed E-state index contributed by atoms with van der Waals surface area (Å²) in [6.07, 6.45) is -0.168. The van der Waals surface area contributed by atoms with Crippen molar-refractivity contribution in [2.75, 3.05) is 19.8 Å². The van der Waals surface area contributed by atoms with Crippen molar-refractivity contribution < 1.29 is 14.4 Å². The number of rotatable bonds is 2. The van der Waals surface area contributed by atoms with Gasteiger partial charge < -0.3 is 4.74 Å². The highest BCUT2D eigenvalue weighted by Crippen LogP contribution is 2.37. The Morgan fingerprint density at radius 1 is 1.21 bits per heavy atom. The molecular weight excluding hydrogens is 244 g/mol. The first-order valence-electron chi connectivity index (χ1n) is 6.70. The zero-order chi connectivity index (χ0) is 12.8. The first-order chi connectivity index (χ1) is 9.33. The second-order valence-electron chi connectivity index (χ2n) is 5.40. The maximum Gasteiger partial charge on any atom is 0.410 e. The molecule has 5 nitrogen and oxygen atoms in total. The van der Waals surface area contributed by atoms with Crippen LogP contribution in [0.5, 0.6) is 0 Å². The van der Waals surface area contributed by atoms with Gasteiger partial charge in [0.1, 0.15) is 6.61 Å². The number of ether oxygens (including phenoxy) is 1. The number of nitrogens with zero attached hydrogens (tertiary/aromatic N) is 2. The van der Waals surface area contributed by atoms with Gasteiger partial charge in [-0.05, 0) is 5.56 Å². The van der Waals surface area contributed by atoms with Gasteiger partial charge in [0, 0.05) is 19.0 Å².